The van der Waals surface area contributed by atoms with Crippen molar-refractivity contribution in [3.63, 3.8) is 0 Å². The lowest BCUT2D eigenvalue weighted by Crippen LogP contribution is -2.50. The van der Waals surface area contributed by atoms with E-state index in [9.17, 15) is 9.59 Å². The summed E-state index contributed by atoms with van der Waals surface area (Å²) in [5.41, 5.74) is 0. The Morgan fingerprint density at radius 1 is 1.29 bits per heavy atom. The third-order valence-electron chi connectivity index (χ3n) is 4.25. The Morgan fingerprint density at radius 2 is 2.18 bits per heavy atom. The predicted molar refractivity (Wildman–Crippen MR) is 62.2 cm³/mol. The molecule has 94 valence electrons. The molecular formula is C12H19N3O2. The van der Waals surface area contributed by atoms with Gasteiger partial charge in [0.2, 0.25) is 11.8 Å². The highest BCUT2D eigenvalue weighted by Crippen LogP contribution is 2.33. The first-order valence-corrected chi connectivity index (χ1v) is 6.55. The first-order valence-electron chi connectivity index (χ1n) is 6.55. The second-order valence-electron chi connectivity index (χ2n) is 5.44. The van der Waals surface area contributed by atoms with Crippen molar-refractivity contribution in [1.82, 2.24) is 16.0 Å². The summed E-state index contributed by atoms with van der Waals surface area (Å²) in [5, 5.41) is 9.34. The van der Waals surface area contributed by atoms with E-state index < -0.39 is 0 Å². The molecule has 3 fully saturated rings. The summed E-state index contributed by atoms with van der Waals surface area (Å²) in [6.45, 7) is 0.582. The fourth-order valence-corrected chi connectivity index (χ4v) is 3.28. The number of fused-ring (bicyclic) bond motifs is 2. The maximum absolute atomic E-state index is 12.1. The summed E-state index contributed by atoms with van der Waals surface area (Å²) in [6.07, 6.45) is 4.62. The molecule has 3 rings (SSSR count). The number of carbonyl (C=O) groups is 2. The molecular weight excluding hydrogens is 218 g/mol. The molecule has 0 spiro atoms. The Hall–Kier alpha value is -1.10. The van der Waals surface area contributed by atoms with Gasteiger partial charge in [0.05, 0.1) is 5.92 Å². The van der Waals surface area contributed by atoms with Gasteiger partial charge in [-0.05, 0) is 25.7 Å². The fraction of sp³-hybridized carbons (Fsp3) is 0.833. The third kappa shape index (κ3) is 2.16. The standard InChI is InChI=1S/C12H19N3O2/c16-11-4-2-8(6-13-11)15-12(17)9-5-7-1-3-10(9)14-7/h7-10,14H,1-6H2,(H,13,16)(H,15,17). The van der Waals surface area contributed by atoms with Crippen LogP contribution in [0.5, 0.6) is 0 Å². The Labute approximate surface area is 101 Å². The van der Waals surface area contributed by atoms with Gasteiger partial charge in [-0.3, -0.25) is 9.59 Å². The average molecular weight is 237 g/mol. The zero-order chi connectivity index (χ0) is 11.8. The van der Waals surface area contributed by atoms with E-state index in [1.54, 1.807) is 0 Å². The first kappa shape index (κ1) is 11.0. The van der Waals surface area contributed by atoms with Gasteiger partial charge >= 0.3 is 0 Å². The lowest BCUT2D eigenvalue weighted by molar-refractivity contribution is -0.128. The van der Waals surface area contributed by atoms with Gasteiger partial charge in [-0.15, -0.1) is 0 Å². The summed E-state index contributed by atoms with van der Waals surface area (Å²) in [5.74, 6) is 0.411. The van der Waals surface area contributed by atoms with Gasteiger partial charge in [-0.25, -0.2) is 0 Å². The van der Waals surface area contributed by atoms with E-state index in [1.807, 2.05) is 0 Å². The lowest BCUT2D eigenvalue weighted by atomic mass is 9.88. The maximum Gasteiger partial charge on any atom is 0.225 e. The molecule has 0 aromatic carbocycles. The summed E-state index contributed by atoms with van der Waals surface area (Å²) in [6, 6.07) is 1.07. The van der Waals surface area contributed by atoms with E-state index in [0.29, 0.717) is 25.0 Å². The van der Waals surface area contributed by atoms with E-state index in [0.717, 1.165) is 19.3 Å². The molecule has 0 saturated carbocycles. The minimum atomic E-state index is 0.0945. The summed E-state index contributed by atoms with van der Waals surface area (Å²) >= 11 is 0. The molecule has 4 unspecified atom stereocenters. The topological polar surface area (TPSA) is 70.2 Å². The number of hydrogen-bond acceptors (Lipinski definition) is 3. The van der Waals surface area contributed by atoms with Crippen LogP contribution in [0, 0.1) is 5.92 Å². The number of rotatable bonds is 2. The van der Waals surface area contributed by atoms with E-state index in [4.69, 9.17) is 0 Å². The van der Waals surface area contributed by atoms with Crippen LogP contribution in [0.25, 0.3) is 0 Å². The monoisotopic (exact) mass is 237 g/mol. The number of nitrogens with one attached hydrogen (secondary N) is 3. The molecule has 5 nitrogen and oxygen atoms in total. The van der Waals surface area contributed by atoms with Crippen molar-refractivity contribution in [3.05, 3.63) is 0 Å². The number of piperidine rings is 1. The highest BCUT2D eigenvalue weighted by molar-refractivity contribution is 5.81. The molecule has 0 aromatic rings. The van der Waals surface area contributed by atoms with Gasteiger partial charge < -0.3 is 16.0 Å². The molecule has 3 saturated heterocycles. The van der Waals surface area contributed by atoms with E-state index >= 15 is 0 Å². The van der Waals surface area contributed by atoms with E-state index in [-0.39, 0.29) is 23.8 Å². The van der Waals surface area contributed by atoms with Crippen LogP contribution < -0.4 is 16.0 Å². The van der Waals surface area contributed by atoms with Crippen LogP contribution in [0.4, 0.5) is 0 Å². The van der Waals surface area contributed by atoms with Crippen LogP contribution >= 0.6 is 0 Å². The molecule has 17 heavy (non-hydrogen) atoms. The molecule has 3 aliphatic heterocycles. The van der Waals surface area contributed by atoms with Crippen molar-refractivity contribution < 1.29 is 9.59 Å². The van der Waals surface area contributed by atoms with Crippen LogP contribution in [-0.2, 0) is 9.59 Å². The number of hydrogen-bond donors (Lipinski definition) is 3. The van der Waals surface area contributed by atoms with Crippen molar-refractivity contribution in [2.24, 2.45) is 5.92 Å². The Balaban J connectivity index is 1.52. The summed E-state index contributed by atoms with van der Waals surface area (Å²) < 4.78 is 0. The van der Waals surface area contributed by atoms with Crippen LogP contribution in [0.3, 0.4) is 0 Å². The van der Waals surface area contributed by atoms with Gasteiger partial charge in [0.25, 0.3) is 0 Å². The highest BCUT2D eigenvalue weighted by atomic mass is 16.2. The zero-order valence-corrected chi connectivity index (χ0v) is 9.87. The summed E-state index contributed by atoms with van der Waals surface area (Å²) in [4.78, 5) is 23.1. The third-order valence-corrected chi connectivity index (χ3v) is 4.25. The lowest BCUT2D eigenvalue weighted by Gasteiger charge is -2.26. The first-order chi connectivity index (χ1) is 8.22. The van der Waals surface area contributed by atoms with Gasteiger partial charge in [-0.2, -0.15) is 0 Å². The summed E-state index contributed by atoms with van der Waals surface area (Å²) in [7, 11) is 0. The molecule has 5 heteroatoms. The van der Waals surface area contributed by atoms with Crippen molar-refractivity contribution >= 4 is 11.8 Å². The Kier molecular flexibility index (Phi) is 2.78. The molecule has 3 aliphatic rings. The largest absolute Gasteiger partial charge is 0.354 e. The molecule has 2 amide bonds. The quantitative estimate of drug-likeness (QED) is 0.607. The van der Waals surface area contributed by atoms with Gasteiger partial charge in [0, 0.05) is 31.1 Å². The highest BCUT2D eigenvalue weighted by Gasteiger charge is 2.43. The molecule has 0 aliphatic carbocycles. The van der Waals surface area contributed by atoms with Crippen molar-refractivity contribution in [3.8, 4) is 0 Å². The molecule has 3 heterocycles. The molecule has 0 radical (unpaired) electrons. The molecule has 3 N–H and O–H groups in total. The van der Waals surface area contributed by atoms with Gasteiger partial charge in [0.15, 0.2) is 0 Å². The number of amides is 2. The minimum absolute atomic E-state index is 0.0945. The maximum atomic E-state index is 12.1. The smallest absolute Gasteiger partial charge is 0.225 e. The molecule has 0 aromatic heterocycles. The second kappa shape index (κ2) is 4.29. The van der Waals surface area contributed by atoms with Crippen LogP contribution in [0.2, 0.25) is 0 Å². The van der Waals surface area contributed by atoms with Crippen LogP contribution in [0.1, 0.15) is 32.1 Å². The van der Waals surface area contributed by atoms with Gasteiger partial charge in [0.1, 0.15) is 0 Å². The average Bonchev–Trinajstić information content (AvgIpc) is 2.94. The van der Waals surface area contributed by atoms with Crippen molar-refractivity contribution in [2.75, 3.05) is 6.54 Å². The Morgan fingerprint density at radius 3 is 2.76 bits per heavy atom. The van der Waals surface area contributed by atoms with Gasteiger partial charge in [-0.1, -0.05) is 0 Å². The van der Waals surface area contributed by atoms with Crippen LogP contribution in [-0.4, -0.2) is 36.5 Å². The zero-order valence-electron chi connectivity index (χ0n) is 9.87. The second-order valence-corrected chi connectivity index (χ2v) is 5.44. The van der Waals surface area contributed by atoms with E-state index in [1.165, 1.54) is 6.42 Å². The fourth-order valence-electron chi connectivity index (χ4n) is 3.28. The van der Waals surface area contributed by atoms with E-state index in [2.05, 4.69) is 16.0 Å². The van der Waals surface area contributed by atoms with Crippen molar-refractivity contribution in [2.45, 2.75) is 50.2 Å². The molecule has 4 atom stereocenters. The predicted octanol–water partition coefficient (Wildman–Crippen LogP) is -0.478. The van der Waals surface area contributed by atoms with Crippen LogP contribution in [0.15, 0.2) is 0 Å². The SMILES string of the molecule is O=C1CCC(NC(=O)C2CC3CCC2N3)CN1. The Bertz CT molecular complexity index is 335. The minimum Gasteiger partial charge on any atom is -0.354 e. The molecule has 2 bridgehead atoms. The normalized spacial score (nSPS) is 40.1. The number of carbonyl (C=O) groups excluding carboxylic acids is 2. The van der Waals surface area contributed by atoms with Crippen molar-refractivity contribution in [1.29, 1.82) is 0 Å².